The van der Waals surface area contributed by atoms with Crippen LogP contribution in [0, 0.1) is 6.92 Å². The van der Waals surface area contributed by atoms with E-state index in [1.807, 2.05) is 32.0 Å². The van der Waals surface area contributed by atoms with Gasteiger partial charge >= 0.3 is 5.97 Å². The summed E-state index contributed by atoms with van der Waals surface area (Å²) in [5, 5.41) is 12.5. The standard InChI is InChI=1S/C16H25NO3/c1-4-6-15(16(18)19)20-14-8-7-12(3)10-13(14)11-17-9-5-2/h7-8,10,15,17H,4-6,9,11H2,1-3H3,(H,18,19). The van der Waals surface area contributed by atoms with Crippen LogP contribution in [0.15, 0.2) is 18.2 Å². The molecule has 4 nitrogen and oxygen atoms in total. The number of benzene rings is 1. The number of aliphatic carboxylic acids is 1. The van der Waals surface area contributed by atoms with Gasteiger partial charge in [0.1, 0.15) is 5.75 Å². The van der Waals surface area contributed by atoms with Gasteiger partial charge < -0.3 is 15.2 Å². The van der Waals surface area contributed by atoms with Gasteiger partial charge in [0, 0.05) is 12.1 Å². The van der Waals surface area contributed by atoms with Crippen LogP contribution in [0.3, 0.4) is 0 Å². The molecule has 0 spiro atoms. The number of nitrogens with one attached hydrogen (secondary N) is 1. The van der Waals surface area contributed by atoms with Crippen molar-refractivity contribution in [2.24, 2.45) is 0 Å². The predicted octanol–water partition coefficient (Wildman–Crippen LogP) is 3.13. The maximum Gasteiger partial charge on any atom is 0.344 e. The van der Waals surface area contributed by atoms with Crippen LogP contribution in [0.1, 0.15) is 44.2 Å². The van der Waals surface area contributed by atoms with Gasteiger partial charge in [-0.2, -0.15) is 0 Å². The summed E-state index contributed by atoms with van der Waals surface area (Å²) < 4.78 is 5.69. The molecule has 0 amide bonds. The number of hydrogen-bond donors (Lipinski definition) is 2. The molecule has 1 aromatic rings. The molecule has 112 valence electrons. The Morgan fingerprint density at radius 2 is 2.10 bits per heavy atom. The Bertz CT molecular complexity index is 432. The molecule has 0 bridgehead atoms. The number of ether oxygens (including phenoxy) is 1. The number of aryl methyl sites for hydroxylation is 1. The van der Waals surface area contributed by atoms with Crippen LogP contribution >= 0.6 is 0 Å². The highest BCUT2D eigenvalue weighted by molar-refractivity contribution is 5.72. The zero-order chi connectivity index (χ0) is 15.0. The van der Waals surface area contributed by atoms with E-state index in [1.54, 1.807) is 0 Å². The van der Waals surface area contributed by atoms with Crippen molar-refractivity contribution in [1.29, 1.82) is 0 Å². The van der Waals surface area contributed by atoms with Crippen LogP contribution in [0.4, 0.5) is 0 Å². The Morgan fingerprint density at radius 3 is 2.70 bits per heavy atom. The fraction of sp³-hybridized carbons (Fsp3) is 0.562. The summed E-state index contributed by atoms with van der Waals surface area (Å²) >= 11 is 0. The van der Waals surface area contributed by atoms with E-state index in [0.29, 0.717) is 18.7 Å². The van der Waals surface area contributed by atoms with Gasteiger partial charge in [0.05, 0.1) is 0 Å². The first-order valence-electron chi connectivity index (χ1n) is 7.28. The minimum absolute atomic E-state index is 0.519. The summed E-state index contributed by atoms with van der Waals surface area (Å²) in [6, 6.07) is 5.86. The highest BCUT2D eigenvalue weighted by Crippen LogP contribution is 2.22. The first-order valence-corrected chi connectivity index (χ1v) is 7.28. The van der Waals surface area contributed by atoms with Gasteiger partial charge in [0.25, 0.3) is 0 Å². The summed E-state index contributed by atoms with van der Waals surface area (Å²) in [5.41, 5.74) is 2.16. The van der Waals surface area contributed by atoms with E-state index in [1.165, 1.54) is 0 Å². The van der Waals surface area contributed by atoms with Gasteiger partial charge in [-0.15, -0.1) is 0 Å². The van der Waals surface area contributed by atoms with E-state index in [-0.39, 0.29) is 0 Å². The smallest absolute Gasteiger partial charge is 0.344 e. The van der Waals surface area contributed by atoms with E-state index in [9.17, 15) is 9.90 Å². The van der Waals surface area contributed by atoms with Crippen molar-refractivity contribution in [3.05, 3.63) is 29.3 Å². The van der Waals surface area contributed by atoms with Crippen molar-refractivity contribution in [2.45, 2.75) is 52.7 Å². The monoisotopic (exact) mass is 279 g/mol. The highest BCUT2D eigenvalue weighted by Gasteiger charge is 2.19. The van der Waals surface area contributed by atoms with Gasteiger partial charge in [0.15, 0.2) is 6.10 Å². The molecule has 1 atom stereocenters. The number of rotatable bonds is 9. The third-order valence-corrected chi connectivity index (χ3v) is 3.05. The van der Waals surface area contributed by atoms with Crippen LogP contribution in [-0.2, 0) is 11.3 Å². The van der Waals surface area contributed by atoms with Gasteiger partial charge in [0.2, 0.25) is 0 Å². The molecule has 1 aromatic carbocycles. The molecule has 0 fully saturated rings. The van der Waals surface area contributed by atoms with Gasteiger partial charge in [-0.25, -0.2) is 4.79 Å². The van der Waals surface area contributed by atoms with Crippen molar-refractivity contribution in [3.63, 3.8) is 0 Å². The van der Waals surface area contributed by atoms with Crippen LogP contribution in [0.25, 0.3) is 0 Å². The second-order valence-corrected chi connectivity index (χ2v) is 5.02. The molecule has 2 N–H and O–H groups in total. The van der Waals surface area contributed by atoms with E-state index in [2.05, 4.69) is 12.2 Å². The minimum atomic E-state index is -0.903. The number of carbonyl (C=O) groups is 1. The van der Waals surface area contributed by atoms with Crippen molar-refractivity contribution in [3.8, 4) is 5.75 Å². The van der Waals surface area contributed by atoms with Crippen LogP contribution in [0.5, 0.6) is 5.75 Å². The zero-order valence-corrected chi connectivity index (χ0v) is 12.6. The third-order valence-electron chi connectivity index (χ3n) is 3.05. The van der Waals surface area contributed by atoms with Crippen LogP contribution < -0.4 is 10.1 Å². The minimum Gasteiger partial charge on any atom is -0.479 e. The van der Waals surface area contributed by atoms with Crippen LogP contribution in [-0.4, -0.2) is 23.7 Å². The van der Waals surface area contributed by atoms with Gasteiger partial charge in [-0.3, -0.25) is 0 Å². The molecular weight excluding hydrogens is 254 g/mol. The van der Waals surface area contributed by atoms with Gasteiger partial charge in [-0.05, 0) is 32.4 Å². The third kappa shape index (κ3) is 5.21. The maximum atomic E-state index is 11.2. The SMILES string of the molecule is CCCNCc1cc(C)ccc1OC(CCC)C(=O)O. The lowest BCUT2D eigenvalue weighted by molar-refractivity contribution is -0.145. The molecule has 1 unspecified atom stereocenters. The summed E-state index contributed by atoms with van der Waals surface area (Å²) in [5.74, 6) is -0.236. The van der Waals surface area contributed by atoms with E-state index in [0.717, 1.165) is 30.5 Å². The fourth-order valence-electron chi connectivity index (χ4n) is 2.01. The number of hydrogen-bond acceptors (Lipinski definition) is 3. The maximum absolute atomic E-state index is 11.2. The molecule has 0 aliphatic carbocycles. The van der Waals surface area contributed by atoms with E-state index in [4.69, 9.17) is 4.74 Å². The Kier molecular flexibility index (Phi) is 7.09. The van der Waals surface area contributed by atoms with E-state index < -0.39 is 12.1 Å². The highest BCUT2D eigenvalue weighted by atomic mass is 16.5. The van der Waals surface area contributed by atoms with Gasteiger partial charge in [-0.1, -0.05) is 38.0 Å². The molecule has 1 rings (SSSR count). The molecule has 0 aliphatic rings. The quantitative estimate of drug-likeness (QED) is 0.682. The fourth-order valence-corrected chi connectivity index (χ4v) is 2.01. The molecule has 0 saturated heterocycles. The number of carboxylic acids is 1. The van der Waals surface area contributed by atoms with E-state index >= 15 is 0 Å². The number of carboxylic acid groups (broad SMARTS) is 1. The molecular formula is C16H25NO3. The summed E-state index contributed by atoms with van der Waals surface area (Å²) in [4.78, 5) is 11.2. The zero-order valence-electron chi connectivity index (χ0n) is 12.6. The van der Waals surface area contributed by atoms with Crippen molar-refractivity contribution >= 4 is 5.97 Å². The Morgan fingerprint density at radius 1 is 1.35 bits per heavy atom. The first kappa shape index (κ1) is 16.5. The molecule has 0 radical (unpaired) electrons. The molecule has 0 aliphatic heterocycles. The van der Waals surface area contributed by atoms with Crippen LogP contribution in [0.2, 0.25) is 0 Å². The summed E-state index contributed by atoms with van der Waals surface area (Å²) in [6.07, 6.45) is 1.60. The second-order valence-electron chi connectivity index (χ2n) is 5.02. The lowest BCUT2D eigenvalue weighted by Crippen LogP contribution is -2.27. The predicted molar refractivity (Wildman–Crippen MR) is 80.1 cm³/mol. The molecule has 0 heterocycles. The second kappa shape index (κ2) is 8.59. The lowest BCUT2D eigenvalue weighted by atomic mass is 10.1. The largest absolute Gasteiger partial charge is 0.479 e. The first-order chi connectivity index (χ1) is 9.58. The summed E-state index contributed by atoms with van der Waals surface area (Å²) in [7, 11) is 0. The van der Waals surface area contributed by atoms with Crippen molar-refractivity contribution < 1.29 is 14.6 Å². The average molecular weight is 279 g/mol. The molecule has 20 heavy (non-hydrogen) atoms. The Balaban J connectivity index is 2.83. The van der Waals surface area contributed by atoms with Crippen molar-refractivity contribution in [2.75, 3.05) is 6.54 Å². The normalized spacial score (nSPS) is 12.2. The lowest BCUT2D eigenvalue weighted by Gasteiger charge is -2.18. The molecule has 4 heteroatoms. The Hall–Kier alpha value is -1.55. The van der Waals surface area contributed by atoms with Crippen molar-refractivity contribution in [1.82, 2.24) is 5.32 Å². The summed E-state index contributed by atoms with van der Waals surface area (Å²) in [6.45, 7) is 7.72. The Labute approximate surface area is 121 Å². The average Bonchev–Trinajstić information content (AvgIpc) is 2.41. The topological polar surface area (TPSA) is 58.6 Å². The molecule has 0 aromatic heterocycles. The molecule has 0 saturated carbocycles.